The number of hydrogen-bond donors (Lipinski definition) is 5. The number of aromatic hydroxyl groups is 2. The van der Waals surface area contributed by atoms with Gasteiger partial charge in [-0.15, -0.1) is 0 Å². The fourth-order valence-electron chi connectivity index (χ4n) is 2.92. The van der Waals surface area contributed by atoms with E-state index in [0.717, 1.165) is 17.3 Å². The molecule has 3 rings (SSSR count). The van der Waals surface area contributed by atoms with E-state index in [1.165, 1.54) is 6.07 Å². The summed E-state index contributed by atoms with van der Waals surface area (Å²) in [5, 5.41) is 29.4. The van der Waals surface area contributed by atoms with Gasteiger partial charge in [0.1, 0.15) is 17.2 Å². The molecule has 1 aromatic heterocycles. The second-order valence-corrected chi connectivity index (χ2v) is 6.36. The number of phenolic OH excluding ortho intramolecular Hbond substituents is 2. The Hall–Kier alpha value is -2.94. The molecule has 1 aliphatic rings. The summed E-state index contributed by atoms with van der Waals surface area (Å²) in [6, 6.07) is 1.91. The van der Waals surface area contributed by atoms with Crippen molar-refractivity contribution in [2.24, 2.45) is 5.73 Å². The number of aromatic amines is 1. The van der Waals surface area contributed by atoms with Crippen LogP contribution in [0, 0.1) is 0 Å². The average molecular weight is 380 g/mol. The molecule has 0 atom stereocenters. The zero-order chi connectivity index (χ0) is 18.8. The topological polar surface area (TPSA) is 145 Å². The average Bonchev–Trinajstić information content (AvgIpc) is 3.00. The Labute approximate surface area is 153 Å². The van der Waals surface area contributed by atoms with Gasteiger partial charge in [-0.3, -0.25) is 9.89 Å². The van der Waals surface area contributed by atoms with Crippen LogP contribution in [-0.4, -0.2) is 50.3 Å². The van der Waals surface area contributed by atoms with Crippen LogP contribution in [0.2, 0.25) is 5.02 Å². The van der Waals surface area contributed by atoms with Gasteiger partial charge in [-0.1, -0.05) is 11.6 Å². The van der Waals surface area contributed by atoms with Gasteiger partial charge in [-0.05, 0) is 6.07 Å². The normalized spacial score (nSPS) is 13.3. The highest BCUT2D eigenvalue weighted by Gasteiger charge is 2.26. The van der Waals surface area contributed by atoms with E-state index in [0.29, 0.717) is 30.8 Å². The fraction of sp³-hybridized carbons (Fsp3) is 0.312. The number of fused-ring (bicyclic) bond motifs is 1. The van der Waals surface area contributed by atoms with Crippen LogP contribution in [0.25, 0.3) is 11.3 Å². The maximum Gasteiger partial charge on any atom is 0.312 e. The third-order valence-electron chi connectivity index (χ3n) is 4.24. The number of benzene rings is 1. The highest BCUT2D eigenvalue weighted by molar-refractivity contribution is 6.32. The van der Waals surface area contributed by atoms with Crippen LogP contribution in [0.5, 0.6) is 11.5 Å². The number of urea groups is 1. The first kappa shape index (κ1) is 17.9. The molecule has 0 fully saturated rings. The van der Waals surface area contributed by atoms with Gasteiger partial charge < -0.3 is 26.2 Å². The number of H-pyrrole nitrogens is 1. The van der Waals surface area contributed by atoms with E-state index in [9.17, 15) is 19.8 Å². The van der Waals surface area contributed by atoms with Crippen LogP contribution in [0.3, 0.4) is 0 Å². The third kappa shape index (κ3) is 3.52. The van der Waals surface area contributed by atoms with Crippen LogP contribution >= 0.6 is 11.6 Å². The molecule has 0 saturated heterocycles. The minimum atomic E-state index is -0.671. The van der Waals surface area contributed by atoms with Crippen molar-refractivity contribution in [2.75, 3.05) is 13.1 Å². The number of phenols is 2. The molecule has 26 heavy (non-hydrogen) atoms. The van der Waals surface area contributed by atoms with Crippen molar-refractivity contribution in [1.29, 1.82) is 0 Å². The Bertz CT molecular complexity index is 867. The quantitative estimate of drug-likeness (QED) is 0.539. The highest BCUT2D eigenvalue weighted by atomic mass is 35.5. The first-order chi connectivity index (χ1) is 12.4. The van der Waals surface area contributed by atoms with Gasteiger partial charge in [0.15, 0.2) is 0 Å². The van der Waals surface area contributed by atoms with E-state index in [1.807, 2.05) is 0 Å². The number of nitrogens with zero attached hydrogens (tertiary/aromatic N) is 2. The molecule has 10 heteroatoms. The first-order valence-electron chi connectivity index (χ1n) is 7.96. The monoisotopic (exact) mass is 379 g/mol. The number of rotatable bonds is 4. The van der Waals surface area contributed by atoms with Gasteiger partial charge in [0, 0.05) is 55.4 Å². The number of hydrogen-bond acceptors (Lipinski definition) is 5. The second kappa shape index (κ2) is 7.12. The number of primary amides is 1. The summed E-state index contributed by atoms with van der Waals surface area (Å²) in [5.41, 5.74) is 7.50. The second-order valence-electron chi connectivity index (χ2n) is 5.96. The Kier molecular flexibility index (Phi) is 4.90. The van der Waals surface area contributed by atoms with Crippen LogP contribution in [0.15, 0.2) is 12.1 Å². The molecular formula is C16H18ClN5O4. The van der Waals surface area contributed by atoms with Crippen molar-refractivity contribution in [3.63, 3.8) is 0 Å². The zero-order valence-corrected chi connectivity index (χ0v) is 14.5. The minimum Gasteiger partial charge on any atom is -0.507 e. The fourth-order valence-corrected chi connectivity index (χ4v) is 3.09. The Morgan fingerprint density at radius 3 is 2.85 bits per heavy atom. The molecule has 0 saturated carbocycles. The van der Waals surface area contributed by atoms with E-state index >= 15 is 0 Å². The predicted octanol–water partition coefficient (Wildman–Crippen LogP) is 1.08. The first-order valence-corrected chi connectivity index (χ1v) is 8.33. The number of aromatic nitrogens is 2. The Morgan fingerprint density at radius 2 is 2.12 bits per heavy atom. The molecule has 2 aromatic rings. The van der Waals surface area contributed by atoms with Gasteiger partial charge in [0.2, 0.25) is 5.91 Å². The van der Waals surface area contributed by atoms with Gasteiger partial charge in [0.25, 0.3) is 0 Å². The smallest absolute Gasteiger partial charge is 0.312 e. The lowest BCUT2D eigenvalue weighted by molar-refractivity contribution is -0.131. The van der Waals surface area contributed by atoms with Gasteiger partial charge >= 0.3 is 6.03 Å². The lowest BCUT2D eigenvalue weighted by atomic mass is 10.00. The van der Waals surface area contributed by atoms with Crippen LogP contribution in [0.1, 0.15) is 17.7 Å². The molecular weight excluding hydrogens is 362 g/mol. The van der Waals surface area contributed by atoms with E-state index in [-0.39, 0.29) is 35.4 Å². The van der Waals surface area contributed by atoms with Crippen LogP contribution in [0.4, 0.5) is 4.79 Å². The van der Waals surface area contributed by atoms with E-state index in [2.05, 4.69) is 15.5 Å². The molecule has 1 aromatic carbocycles. The SMILES string of the molecule is NC(=O)NCCC(=O)N1CCc2[nH]nc(-c3cc(Cl)c(O)cc3O)c2C1. The van der Waals surface area contributed by atoms with E-state index < -0.39 is 6.03 Å². The van der Waals surface area contributed by atoms with Gasteiger partial charge in [0.05, 0.1) is 5.02 Å². The molecule has 0 unspecified atom stereocenters. The third-order valence-corrected chi connectivity index (χ3v) is 4.55. The van der Waals surface area contributed by atoms with Crippen molar-refractivity contribution in [1.82, 2.24) is 20.4 Å². The maximum atomic E-state index is 12.3. The molecule has 9 nitrogen and oxygen atoms in total. The van der Waals surface area contributed by atoms with E-state index in [1.54, 1.807) is 4.90 Å². The van der Waals surface area contributed by atoms with Crippen molar-refractivity contribution >= 4 is 23.5 Å². The zero-order valence-electron chi connectivity index (χ0n) is 13.8. The number of nitrogens with one attached hydrogen (secondary N) is 2. The minimum absolute atomic E-state index is 0.0934. The molecule has 0 bridgehead atoms. The molecule has 138 valence electrons. The van der Waals surface area contributed by atoms with Gasteiger partial charge in [-0.2, -0.15) is 5.10 Å². The van der Waals surface area contributed by atoms with Crippen molar-refractivity contribution in [3.8, 4) is 22.8 Å². The Balaban J connectivity index is 1.81. The molecule has 0 radical (unpaired) electrons. The lowest BCUT2D eigenvalue weighted by Gasteiger charge is -2.27. The van der Waals surface area contributed by atoms with Crippen LogP contribution < -0.4 is 11.1 Å². The number of halogens is 1. The summed E-state index contributed by atoms with van der Waals surface area (Å²) in [5.74, 6) is -0.504. The maximum absolute atomic E-state index is 12.3. The summed E-state index contributed by atoms with van der Waals surface area (Å²) >= 11 is 5.94. The standard InChI is InChI=1S/C16H18ClN5O4/c17-10-5-8(12(23)6-13(10)24)15-9-7-22(4-2-11(9)20-21-15)14(25)1-3-19-16(18)26/h5-6,23-24H,1-4,7H2,(H,20,21)(H3,18,19,26). The molecule has 3 amide bonds. The van der Waals surface area contributed by atoms with Crippen molar-refractivity contribution < 1.29 is 19.8 Å². The van der Waals surface area contributed by atoms with Crippen molar-refractivity contribution in [3.05, 3.63) is 28.4 Å². The summed E-state index contributed by atoms with van der Waals surface area (Å²) in [4.78, 5) is 24.7. The van der Waals surface area contributed by atoms with Crippen LogP contribution in [-0.2, 0) is 17.8 Å². The number of carbonyl (C=O) groups excluding carboxylic acids is 2. The summed E-state index contributed by atoms with van der Waals surface area (Å²) in [6.07, 6.45) is 0.728. The summed E-state index contributed by atoms with van der Waals surface area (Å²) in [6.45, 7) is 1.00. The molecule has 0 spiro atoms. The number of amides is 3. The molecule has 2 heterocycles. The van der Waals surface area contributed by atoms with Gasteiger partial charge in [-0.25, -0.2) is 4.79 Å². The number of nitrogens with two attached hydrogens (primary N) is 1. The summed E-state index contributed by atoms with van der Waals surface area (Å²) < 4.78 is 0. The predicted molar refractivity (Wildman–Crippen MR) is 93.7 cm³/mol. The van der Waals surface area contributed by atoms with E-state index in [4.69, 9.17) is 17.3 Å². The lowest BCUT2D eigenvalue weighted by Crippen LogP contribution is -2.38. The van der Waals surface area contributed by atoms with Crippen molar-refractivity contribution in [2.45, 2.75) is 19.4 Å². The number of carbonyl (C=O) groups is 2. The summed E-state index contributed by atoms with van der Waals surface area (Å²) in [7, 11) is 0. The molecule has 6 N–H and O–H groups in total. The largest absolute Gasteiger partial charge is 0.507 e. The molecule has 1 aliphatic heterocycles. The Morgan fingerprint density at radius 1 is 1.35 bits per heavy atom. The highest BCUT2D eigenvalue weighted by Crippen LogP contribution is 2.39. The molecule has 0 aliphatic carbocycles.